The Morgan fingerprint density at radius 3 is 2.48 bits per heavy atom. The number of aromatic nitrogens is 1. The predicted octanol–water partition coefficient (Wildman–Crippen LogP) is 2.97. The van der Waals surface area contributed by atoms with Crippen LogP contribution in [-0.4, -0.2) is 29.1 Å². The number of likely N-dealkylation sites (N-methyl/N-ethyl adjacent to an activating group) is 1. The molecule has 0 spiro atoms. The van der Waals surface area contributed by atoms with E-state index >= 15 is 0 Å². The Labute approximate surface area is 127 Å². The van der Waals surface area contributed by atoms with E-state index in [0.717, 1.165) is 26.1 Å². The van der Waals surface area contributed by atoms with Gasteiger partial charge in [0.2, 0.25) is 0 Å². The van der Waals surface area contributed by atoms with Crippen molar-refractivity contribution < 1.29 is 0 Å². The van der Waals surface area contributed by atoms with Crippen LogP contribution in [0.2, 0.25) is 0 Å². The van der Waals surface area contributed by atoms with E-state index in [1.807, 2.05) is 7.05 Å². The highest BCUT2D eigenvalue weighted by atomic mass is 15.2. The molecule has 0 fully saturated rings. The third-order valence-electron chi connectivity index (χ3n) is 5.05. The van der Waals surface area contributed by atoms with Gasteiger partial charge in [-0.2, -0.15) is 0 Å². The molecule has 1 aliphatic rings. The van der Waals surface area contributed by atoms with Crippen LogP contribution in [0.4, 0.5) is 0 Å². The second-order valence-corrected chi connectivity index (χ2v) is 6.61. The fourth-order valence-electron chi connectivity index (χ4n) is 3.49. The van der Waals surface area contributed by atoms with E-state index in [1.54, 1.807) is 0 Å². The van der Waals surface area contributed by atoms with Gasteiger partial charge in [-0.1, -0.05) is 0 Å². The van der Waals surface area contributed by atoms with Crippen molar-refractivity contribution in [1.82, 2.24) is 14.8 Å². The highest BCUT2D eigenvalue weighted by molar-refractivity contribution is 5.87. The van der Waals surface area contributed by atoms with Gasteiger partial charge in [-0.15, -0.1) is 0 Å². The third-order valence-corrected chi connectivity index (χ3v) is 5.05. The molecule has 0 aliphatic carbocycles. The molecule has 0 radical (unpaired) electrons. The molecule has 2 aromatic rings. The highest BCUT2D eigenvalue weighted by Crippen LogP contribution is 2.33. The first kappa shape index (κ1) is 14.6. The molecule has 0 amide bonds. The maximum Gasteiger partial charge on any atom is 0.0486 e. The van der Waals surface area contributed by atoms with E-state index in [1.165, 1.54) is 33.3 Å². The Bertz CT molecular complexity index is 667. The summed E-state index contributed by atoms with van der Waals surface area (Å²) in [5.41, 5.74) is 7.34. The topological polar surface area (TPSA) is 20.2 Å². The van der Waals surface area contributed by atoms with Gasteiger partial charge in [0.05, 0.1) is 0 Å². The molecule has 0 saturated heterocycles. The Morgan fingerprint density at radius 2 is 1.86 bits per heavy atom. The van der Waals surface area contributed by atoms with Crippen molar-refractivity contribution >= 4 is 10.9 Å². The zero-order valence-electron chi connectivity index (χ0n) is 14.0. The lowest BCUT2D eigenvalue weighted by Gasteiger charge is -2.18. The molecule has 3 nitrogen and oxygen atoms in total. The minimum Gasteiger partial charge on any atom is -0.348 e. The van der Waals surface area contributed by atoms with Crippen molar-refractivity contribution in [3.05, 3.63) is 34.5 Å². The van der Waals surface area contributed by atoms with E-state index < -0.39 is 0 Å². The second-order valence-electron chi connectivity index (χ2n) is 6.61. The first-order chi connectivity index (χ1) is 10.0. The average molecular weight is 285 g/mol. The largest absolute Gasteiger partial charge is 0.348 e. The lowest BCUT2D eigenvalue weighted by molar-refractivity contribution is 0.227. The van der Waals surface area contributed by atoms with Crippen LogP contribution in [0.25, 0.3) is 10.9 Å². The van der Waals surface area contributed by atoms with Gasteiger partial charge in [0, 0.05) is 42.8 Å². The zero-order chi connectivity index (χ0) is 15.1. The van der Waals surface area contributed by atoms with Gasteiger partial charge in [0.1, 0.15) is 0 Å². The Kier molecular flexibility index (Phi) is 3.80. The van der Waals surface area contributed by atoms with Gasteiger partial charge >= 0.3 is 0 Å². The summed E-state index contributed by atoms with van der Waals surface area (Å²) in [7, 11) is 4.22. The molecule has 3 rings (SSSR count). The van der Waals surface area contributed by atoms with E-state index in [-0.39, 0.29) is 0 Å². The number of hydrogen-bond donors (Lipinski definition) is 1. The minimum absolute atomic E-state index is 0.617. The van der Waals surface area contributed by atoms with Gasteiger partial charge in [0.15, 0.2) is 0 Å². The highest BCUT2D eigenvalue weighted by Gasteiger charge is 2.23. The Hall–Kier alpha value is -1.32. The van der Waals surface area contributed by atoms with E-state index in [2.05, 4.69) is 54.7 Å². The number of rotatable bonds is 4. The van der Waals surface area contributed by atoms with E-state index in [4.69, 9.17) is 0 Å². The molecule has 3 heteroatoms. The van der Waals surface area contributed by atoms with Gasteiger partial charge in [-0.05, 0) is 69.6 Å². The lowest BCUT2D eigenvalue weighted by Crippen LogP contribution is -2.24. The number of fused-ring (bicyclic) bond motifs is 2. The fraction of sp³-hybridized carbons (Fsp3) is 0.556. The van der Waals surface area contributed by atoms with E-state index in [9.17, 15) is 0 Å². The van der Waals surface area contributed by atoms with Crippen LogP contribution >= 0.6 is 0 Å². The summed E-state index contributed by atoms with van der Waals surface area (Å²) in [5.74, 6) is 0. The molecule has 21 heavy (non-hydrogen) atoms. The summed E-state index contributed by atoms with van der Waals surface area (Å²) >= 11 is 0. The quantitative estimate of drug-likeness (QED) is 0.932. The third kappa shape index (κ3) is 2.39. The van der Waals surface area contributed by atoms with Gasteiger partial charge in [0.25, 0.3) is 0 Å². The summed E-state index contributed by atoms with van der Waals surface area (Å²) in [6, 6.07) is 5.49. The second kappa shape index (κ2) is 5.47. The van der Waals surface area contributed by atoms with Crippen molar-refractivity contribution in [3.63, 3.8) is 0 Å². The van der Waals surface area contributed by atoms with Gasteiger partial charge < -0.3 is 9.88 Å². The van der Waals surface area contributed by atoms with Crippen LogP contribution in [0.1, 0.15) is 36.2 Å². The fourth-order valence-corrected chi connectivity index (χ4v) is 3.49. The van der Waals surface area contributed by atoms with Gasteiger partial charge in [-0.3, -0.25) is 4.90 Å². The van der Waals surface area contributed by atoms with E-state index in [0.29, 0.717) is 6.04 Å². The SMILES string of the molecule is CNCCc1c(C)n(C)c2cc3c(cc12)CN(C(C)C)C3. The molecule has 2 heterocycles. The molecule has 0 atom stereocenters. The summed E-state index contributed by atoms with van der Waals surface area (Å²) in [6.07, 6.45) is 1.10. The molecule has 0 saturated carbocycles. The summed E-state index contributed by atoms with van der Waals surface area (Å²) < 4.78 is 2.36. The van der Waals surface area contributed by atoms with Crippen LogP contribution in [0.15, 0.2) is 12.1 Å². The van der Waals surface area contributed by atoms with Crippen LogP contribution in [0.3, 0.4) is 0 Å². The van der Waals surface area contributed by atoms with Crippen LogP contribution < -0.4 is 5.32 Å². The maximum atomic E-state index is 3.27. The monoisotopic (exact) mass is 285 g/mol. The summed E-state index contributed by atoms with van der Waals surface area (Å²) in [4.78, 5) is 2.55. The van der Waals surface area contributed by atoms with Crippen molar-refractivity contribution in [2.24, 2.45) is 7.05 Å². The molecule has 1 N–H and O–H groups in total. The molecule has 0 unspecified atom stereocenters. The first-order valence-corrected chi connectivity index (χ1v) is 8.01. The van der Waals surface area contributed by atoms with Crippen LogP contribution in [0.5, 0.6) is 0 Å². The minimum atomic E-state index is 0.617. The molecule has 1 aromatic carbocycles. The van der Waals surface area contributed by atoms with Crippen molar-refractivity contribution in [2.45, 2.75) is 46.3 Å². The Balaban J connectivity index is 2.07. The maximum absolute atomic E-state index is 3.27. The standard InChI is InChI=1S/C18H27N3/c1-12(2)21-10-14-8-17-16(6-7-19-4)13(3)20(5)18(17)9-15(14)11-21/h8-9,12,19H,6-7,10-11H2,1-5H3. The van der Waals surface area contributed by atoms with Crippen LogP contribution in [0, 0.1) is 6.92 Å². The first-order valence-electron chi connectivity index (χ1n) is 8.01. The van der Waals surface area contributed by atoms with Crippen LogP contribution in [-0.2, 0) is 26.6 Å². The Morgan fingerprint density at radius 1 is 1.19 bits per heavy atom. The number of aryl methyl sites for hydroxylation is 1. The smallest absolute Gasteiger partial charge is 0.0486 e. The number of nitrogens with one attached hydrogen (secondary N) is 1. The molecule has 1 aromatic heterocycles. The number of nitrogens with zero attached hydrogens (tertiary/aromatic N) is 2. The average Bonchev–Trinajstić information content (AvgIpc) is 2.97. The summed E-state index contributed by atoms with van der Waals surface area (Å²) in [5, 5.41) is 4.73. The van der Waals surface area contributed by atoms with Gasteiger partial charge in [-0.25, -0.2) is 0 Å². The predicted molar refractivity (Wildman–Crippen MR) is 89.7 cm³/mol. The molecule has 1 aliphatic heterocycles. The summed E-state index contributed by atoms with van der Waals surface area (Å²) in [6.45, 7) is 10.1. The number of benzene rings is 1. The molecular weight excluding hydrogens is 258 g/mol. The van der Waals surface area contributed by atoms with Crippen molar-refractivity contribution in [2.75, 3.05) is 13.6 Å². The lowest BCUT2D eigenvalue weighted by atomic mass is 10.0. The van der Waals surface area contributed by atoms with Crippen molar-refractivity contribution in [1.29, 1.82) is 0 Å². The molecule has 114 valence electrons. The van der Waals surface area contributed by atoms with Crippen molar-refractivity contribution in [3.8, 4) is 0 Å². The zero-order valence-corrected chi connectivity index (χ0v) is 14.0. The molecular formula is C18H27N3. The molecule has 0 bridgehead atoms. The normalized spacial score (nSPS) is 15.3. The number of hydrogen-bond acceptors (Lipinski definition) is 2.